The molecule has 1 saturated carbocycles. The van der Waals surface area contributed by atoms with Crippen LogP contribution in [0, 0.1) is 11.8 Å². The van der Waals surface area contributed by atoms with E-state index in [0.29, 0.717) is 0 Å². The summed E-state index contributed by atoms with van der Waals surface area (Å²) in [5.41, 5.74) is 0. The Morgan fingerprint density at radius 2 is 1.58 bits per heavy atom. The lowest BCUT2D eigenvalue weighted by atomic mass is 9.88. The molecule has 1 aliphatic carbocycles. The minimum absolute atomic E-state index is 0.868. The molecule has 2 heterocycles. The van der Waals surface area contributed by atoms with E-state index in [9.17, 15) is 0 Å². The molecule has 0 aromatic heterocycles. The summed E-state index contributed by atoms with van der Waals surface area (Å²) >= 11 is 0. The first-order valence-electron chi connectivity index (χ1n) is 8.74. The van der Waals surface area contributed by atoms with Gasteiger partial charge in [0.15, 0.2) is 0 Å². The summed E-state index contributed by atoms with van der Waals surface area (Å²) in [7, 11) is 2.35. The van der Waals surface area contributed by atoms with Crippen molar-refractivity contribution in [3.63, 3.8) is 0 Å². The third-order valence-corrected chi connectivity index (χ3v) is 5.78. The molecule has 2 unspecified atom stereocenters. The lowest BCUT2D eigenvalue weighted by Crippen LogP contribution is -2.39. The highest BCUT2D eigenvalue weighted by Gasteiger charge is 2.33. The number of rotatable bonds is 5. The van der Waals surface area contributed by atoms with Crippen molar-refractivity contribution in [1.29, 1.82) is 0 Å². The molecule has 2 bridgehead atoms. The zero-order chi connectivity index (χ0) is 13.1. The van der Waals surface area contributed by atoms with Gasteiger partial charge in [-0.05, 0) is 70.4 Å². The molecule has 0 radical (unpaired) electrons. The summed E-state index contributed by atoms with van der Waals surface area (Å²) in [6.07, 6.45) is 14.7. The summed E-state index contributed by atoms with van der Waals surface area (Å²) in [6, 6.07) is 1.74. The molecule has 3 rings (SSSR count). The van der Waals surface area contributed by atoms with Gasteiger partial charge in [-0.2, -0.15) is 0 Å². The normalized spacial score (nSPS) is 36.0. The van der Waals surface area contributed by atoms with Crippen molar-refractivity contribution in [2.75, 3.05) is 20.1 Å². The predicted octanol–water partition coefficient (Wildman–Crippen LogP) is 3.42. The molecule has 0 aromatic rings. The Labute approximate surface area is 119 Å². The summed E-state index contributed by atoms with van der Waals surface area (Å²) in [6.45, 7) is 2.69. The molecule has 19 heavy (non-hydrogen) atoms. The van der Waals surface area contributed by atoms with Crippen LogP contribution in [-0.2, 0) is 0 Å². The average Bonchev–Trinajstić information content (AvgIpc) is 2.77. The van der Waals surface area contributed by atoms with Crippen LogP contribution in [0.15, 0.2) is 0 Å². The van der Waals surface area contributed by atoms with Crippen molar-refractivity contribution in [3.05, 3.63) is 0 Å². The Morgan fingerprint density at radius 1 is 0.895 bits per heavy atom. The molecule has 2 aliphatic heterocycles. The van der Waals surface area contributed by atoms with Crippen molar-refractivity contribution >= 4 is 0 Å². The molecular formula is C17H32N2. The minimum atomic E-state index is 0.868. The number of fused-ring (bicyclic) bond motifs is 2. The molecule has 1 N–H and O–H groups in total. The zero-order valence-electron chi connectivity index (χ0n) is 12.7. The molecule has 3 aliphatic rings. The molecule has 2 nitrogen and oxygen atoms in total. The molecule has 3 fully saturated rings. The van der Waals surface area contributed by atoms with E-state index in [2.05, 4.69) is 17.3 Å². The largest absolute Gasteiger partial charge is 0.311 e. The first-order chi connectivity index (χ1) is 9.29. The molecule has 0 spiro atoms. The third-order valence-electron chi connectivity index (χ3n) is 5.78. The Bertz CT molecular complexity index is 260. The maximum Gasteiger partial charge on any atom is 0.00728 e. The van der Waals surface area contributed by atoms with Gasteiger partial charge in [-0.1, -0.05) is 19.3 Å². The highest BCUT2D eigenvalue weighted by Crippen LogP contribution is 2.32. The van der Waals surface area contributed by atoms with E-state index in [0.717, 1.165) is 23.9 Å². The van der Waals surface area contributed by atoms with E-state index >= 15 is 0 Å². The molecular weight excluding hydrogens is 232 g/mol. The monoisotopic (exact) mass is 264 g/mol. The maximum absolute atomic E-state index is 3.76. The second-order valence-electron chi connectivity index (χ2n) is 7.53. The van der Waals surface area contributed by atoms with Crippen LogP contribution in [0.4, 0.5) is 0 Å². The van der Waals surface area contributed by atoms with E-state index in [-0.39, 0.29) is 0 Å². The number of hydrogen-bond acceptors (Lipinski definition) is 2. The second kappa shape index (κ2) is 6.58. The molecule has 0 amide bonds. The van der Waals surface area contributed by atoms with Gasteiger partial charge in [0.2, 0.25) is 0 Å². The summed E-state index contributed by atoms with van der Waals surface area (Å²) in [4.78, 5) is 2.62. The lowest BCUT2D eigenvalue weighted by molar-refractivity contribution is 0.203. The van der Waals surface area contributed by atoms with Crippen LogP contribution in [0.25, 0.3) is 0 Å². The Balaban J connectivity index is 1.34. The van der Waals surface area contributed by atoms with Gasteiger partial charge in [0.05, 0.1) is 0 Å². The van der Waals surface area contributed by atoms with Crippen LogP contribution in [0.1, 0.15) is 64.2 Å². The smallest absolute Gasteiger partial charge is 0.00728 e. The van der Waals surface area contributed by atoms with Crippen molar-refractivity contribution in [3.8, 4) is 0 Å². The summed E-state index contributed by atoms with van der Waals surface area (Å²) < 4.78 is 0. The van der Waals surface area contributed by atoms with Crippen LogP contribution in [0.2, 0.25) is 0 Å². The minimum Gasteiger partial charge on any atom is -0.311 e. The van der Waals surface area contributed by atoms with E-state index in [4.69, 9.17) is 0 Å². The fourth-order valence-electron chi connectivity index (χ4n) is 4.72. The Hall–Kier alpha value is -0.0800. The molecule has 0 aromatic carbocycles. The van der Waals surface area contributed by atoms with Gasteiger partial charge >= 0.3 is 0 Å². The van der Waals surface area contributed by atoms with Gasteiger partial charge in [0, 0.05) is 18.6 Å². The van der Waals surface area contributed by atoms with Crippen LogP contribution < -0.4 is 5.32 Å². The summed E-state index contributed by atoms with van der Waals surface area (Å²) in [5.74, 6) is 2.01. The number of piperidine rings is 1. The van der Waals surface area contributed by atoms with Crippen LogP contribution >= 0.6 is 0 Å². The SMILES string of the molecule is CN(CCC1CC2CCC(C1)N2)CC1CCCCC1. The van der Waals surface area contributed by atoms with Gasteiger partial charge < -0.3 is 10.2 Å². The fourth-order valence-corrected chi connectivity index (χ4v) is 4.72. The van der Waals surface area contributed by atoms with E-state index in [1.54, 1.807) is 0 Å². The topological polar surface area (TPSA) is 15.3 Å². The number of hydrogen-bond donors (Lipinski definition) is 1. The fraction of sp³-hybridized carbons (Fsp3) is 1.00. The Morgan fingerprint density at radius 3 is 2.26 bits per heavy atom. The predicted molar refractivity (Wildman–Crippen MR) is 81.4 cm³/mol. The van der Waals surface area contributed by atoms with Crippen LogP contribution in [-0.4, -0.2) is 37.1 Å². The number of nitrogens with zero attached hydrogens (tertiary/aromatic N) is 1. The van der Waals surface area contributed by atoms with Crippen molar-refractivity contribution in [1.82, 2.24) is 10.2 Å². The average molecular weight is 264 g/mol. The van der Waals surface area contributed by atoms with Crippen LogP contribution in [0.3, 0.4) is 0 Å². The van der Waals surface area contributed by atoms with Gasteiger partial charge in [-0.15, -0.1) is 0 Å². The first kappa shape index (κ1) is 13.9. The first-order valence-corrected chi connectivity index (χ1v) is 8.74. The standard InChI is InChI=1S/C17H32N2/c1-19(13-14-5-3-2-4-6-14)10-9-15-11-16-7-8-17(12-15)18-16/h14-18H,2-13H2,1H3. The van der Waals surface area contributed by atoms with E-state index in [1.165, 1.54) is 77.3 Å². The van der Waals surface area contributed by atoms with Crippen LogP contribution in [0.5, 0.6) is 0 Å². The highest BCUT2D eigenvalue weighted by atomic mass is 15.1. The second-order valence-corrected chi connectivity index (χ2v) is 7.53. The van der Waals surface area contributed by atoms with Crippen molar-refractivity contribution < 1.29 is 0 Å². The summed E-state index contributed by atoms with van der Waals surface area (Å²) in [5, 5.41) is 3.76. The van der Waals surface area contributed by atoms with Gasteiger partial charge in [-0.25, -0.2) is 0 Å². The van der Waals surface area contributed by atoms with Crippen molar-refractivity contribution in [2.24, 2.45) is 11.8 Å². The molecule has 2 atom stereocenters. The lowest BCUT2D eigenvalue weighted by Gasteiger charge is -2.31. The van der Waals surface area contributed by atoms with E-state index < -0.39 is 0 Å². The third kappa shape index (κ3) is 3.95. The van der Waals surface area contributed by atoms with Gasteiger partial charge in [0.25, 0.3) is 0 Å². The van der Waals surface area contributed by atoms with Crippen molar-refractivity contribution in [2.45, 2.75) is 76.3 Å². The number of nitrogens with one attached hydrogen (secondary N) is 1. The van der Waals surface area contributed by atoms with Gasteiger partial charge in [0.1, 0.15) is 0 Å². The zero-order valence-corrected chi connectivity index (χ0v) is 12.7. The quantitative estimate of drug-likeness (QED) is 0.818. The molecule has 2 saturated heterocycles. The highest BCUT2D eigenvalue weighted by molar-refractivity contribution is 4.92. The van der Waals surface area contributed by atoms with Gasteiger partial charge in [-0.3, -0.25) is 0 Å². The Kier molecular flexibility index (Phi) is 4.81. The van der Waals surface area contributed by atoms with E-state index in [1.807, 2.05) is 0 Å². The molecule has 110 valence electrons. The molecule has 2 heteroatoms. The maximum atomic E-state index is 3.76.